The molecule has 0 amide bonds. The third-order valence-corrected chi connectivity index (χ3v) is 3.95. The quantitative estimate of drug-likeness (QED) is 0.647. The highest BCUT2D eigenvalue weighted by atomic mass is 15.4. The van der Waals surface area contributed by atoms with E-state index in [1.54, 1.807) is 5.69 Å². The van der Waals surface area contributed by atoms with Gasteiger partial charge >= 0.3 is 0 Å². The third kappa shape index (κ3) is 1.69. The second-order valence-electron chi connectivity index (χ2n) is 5.07. The lowest BCUT2D eigenvalue weighted by Crippen LogP contribution is -2.52. The molecule has 0 aromatic heterocycles. The van der Waals surface area contributed by atoms with Crippen LogP contribution in [0.5, 0.6) is 0 Å². The van der Waals surface area contributed by atoms with Gasteiger partial charge in [-0.15, -0.1) is 0 Å². The highest BCUT2D eigenvalue weighted by Gasteiger charge is 2.38. The van der Waals surface area contributed by atoms with Crippen LogP contribution < -0.4 is 4.48 Å². The van der Waals surface area contributed by atoms with E-state index in [-0.39, 0.29) is 0 Å². The van der Waals surface area contributed by atoms with Crippen molar-refractivity contribution in [2.75, 3.05) is 13.1 Å². The normalized spacial score (nSPS) is 19.7. The summed E-state index contributed by atoms with van der Waals surface area (Å²) in [7, 11) is 0. The molecule has 0 bridgehead atoms. The van der Waals surface area contributed by atoms with Crippen LogP contribution in [0.2, 0.25) is 0 Å². The molecule has 0 atom stereocenters. The number of likely N-dealkylation sites (tertiary alicyclic amines) is 1. The van der Waals surface area contributed by atoms with Gasteiger partial charge in [0.2, 0.25) is 0 Å². The monoisotopic (exact) mass is 204 g/mol. The van der Waals surface area contributed by atoms with Gasteiger partial charge in [0, 0.05) is 18.4 Å². The van der Waals surface area contributed by atoms with E-state index in [1.807, 2.05) is 0 Å². The Kier molecular flexibility index (Phi) is 2.83. The average Bonchev–Trinajstić information content (AvgIpc) is 2.68. The van der Waals surface area contributed by atoms with Gasteiger partial charge < -0.3 is 0 Å². The molecule has 1 fully saturated rings. The minimum absolute atomic E-state index is 0.702. The number of benzene rings is 1. The molecule has 82 valence electrons. The van der Waals surface area contributed by atoms with Crippen molar-refractivity contribution in [1.82, 2.24) is 4.48 Å². The molecule has 1 saturated heterocycles. The molecule has 1 aliphatic rings. The van der Waals surface area contributed by atoms with Crippen LogP contribution in [-0.4, -0.2) is 19.1 Å². The topological polar surface area (TPSA) is 0 Å². The van der Waals surface area contributed by atoms with Crippen LogP contribution in [0.1, 0.15) is 32.3 Å². The van der Waals surface area contributed by atoms with E-state index in [0.29, 0.717) is 6.04 Å². The number of hydrogen-bond donors (Lipinski definition) is 0. The second kappa shape index (κ2) is 3.97. The third-order valence-electron chi connectivity index (χ3n) is 3.95. The van der Waals surface area contributed by atoms with Crippen LogP contribution in [0.25, 0.3) is 0 Å². The number of aryl methyl sites for hydroxylation is 1. The first-order chi connectivity index (χ1) is 7.17. The van der Waals surface area contributed by atoms with Crippen LogP contribution in [0.15, 0.2) is 24.3 Å². The zero-order chi connectivity index (χ0) is 10.9. The lowest BCUT2D eigenvalue weighted by Gasteiger charge is -2.38. The highest BCUT2D eigenvalue weighted by molar-refractivity contribution is 5.51. The largest absolute Gasteiger partial charge is 0.289 e. The molecule has 0 N–H and O–H groups in total. The minimum Gasteiger partial charge on any atom is -0.289 e. The maximum Gasteiger partial charge on any atom is 0.135 e. The van der Waals surface area contributed by atoms with E-state index in [2.05, 4.69) is 45.0 Å². The highest BCUT2D eigenvalue weighted by Crippen LogP contribution is 2.34. The van der Waals surface area contributed by atoms with Gasteiger partial charge in [0.05, 0.1) is 19.1 Å². The molecule has 1 nitrogen and oxygen atoms in total. The average molecular weight is 204 g/mol. The first kappa shape index (κ1) is 10.7. The van der Waals surface area contributed by atoms with E-state index in [4.69, 9.17) is 0 Å². The molecule has 2 rings (SSSR count). The zero-order valence-electron chi connectivity index (χ0n) is 10.2. The number of nitrogens with zero attached hydrogens (tertiary/aromatic N) is 1. The van der Waals surface area contributed by atoms with Crippen LogP contribution in [-0.2, 0) is 0 Å². The molecular formula is C14H22N+. The molecule has 0 radical (unpaired) electrons. The predicted molar refractivity (Wildman–Crippen MR) is 67.1 cm³/mol. The maximum absolute atomic E-state index is 2.36. The van der Waals surface area contributed by atoms with Crippen molar-refractivity contribution >= 4 is 5.69 Å². The molecule has 0 spiro atoms. The SMILES string of the molecule is Cc1ccccc1[N+]1(C(C)C)CCCC1. The van der Waals surface area contributed by atoms with Gasteiger partial charge in [0.1, 0.15) is 5.69 Å². The lowest BCUT2D eigenvalue weighted by atomic mass is 10.1. The molecule has 15 heavy (non-hydrogen) atoms. The summed E-state index contributed by atoms with van der Waals surface area (Å²) in [4.78, 5) is 0. The Bertz CT molecular complexity index is 335. The van der Waals surface area contributed by atoms with Gasteiger partial charge in [-0.25, -0.2) is 0 Å². The van der Waals surface area contributed by atoms with E-state index >= 15 is 0 Å². The van der Waals surface area contributed by atoms with Gasteiger partial charge in [-0.2, -0.15) is 0 Å². The molecule has 1 aliphatic heterocycles. The molecule has 1 heterocycles. The number of rotatable bonds is 2. The molecule has 1 heteroatoms. The van der Waals surface area contributed by atoms with E-state index < -0.39 is 0 Å². The van der Waals surface area contributed by atoms with Gasteiger partial charge in [-0.05, 0) is 26.8 Å². The fraction of sp³-hybridized carbons (Fsp3) is 0.571. The summed E-state index contributed by atoms with van der Waals surface area (Å²) >= 11 is 0. The first-order valence-electron chi connectivity index (χ1n) is 6.10. The fourth-order valence-electron chi connectivity index (χ4n) is 3.00. The second-order valence-corrected chi connectivity index (χ2v) is 5.07. The van der Waals surface area contributed by atoms with E-state index in [1.165, 1.54) is 36.0 Å². The summed E-state index contributed by atoms with van der Waals surface area (Å²) in [6, 6.07) is 9.60. The Morgan fingerprint density at radius 1 is 1.07 bits per heavy atom. The molecule has 1 aromatic carbocycles. The summed E-state index contributed by atoms with van der Waals surface area (Å²) in [6.45, 7) is 9.61. The lowest BCUT2D eigenvalue weighted by molar-refractivity contribution is 0.272. The van der Waals surface area contributed by atoms with Gasteiger partial charge in [-0.3, -0.25) is 4.48 Å². The summed E-state index contributed by atoms with van der Waals surface area (Å²) in [5.41, 5.74) is 3.00. The van der Waals surface area contributed by atoms with Crippen LogP contribution in [0, 0.1) is 6.92 Å². The Morgan fingerprint density at radius 3 is 2.20 bits per heavy atom. The molecular weight excluding hydrogens is 182 g/mol. The molecule has 1 aromatic rings. The summed E-state index contributed by atoms with van der Waals surface area (Å²) in [6.07, 6.45) is 2.76. The van der Waals surface area contributed by atoms with Crippen molar-refractivity contribution in [3.63, 3.8) is 0 Å². The van der Waals surface area contributed by atoms with E-state index in [0.717, 1.165) is 0 Å². The molecule has 0 aliphatic carbocycles. The smallest absolute Gasteiger partial charge is 0.135 e. The minimum atomic E-state index is 0.702. The van der Waals surface area contributed by atoms with Crippen LogP contribution >= 0.6 is 0 Å². The fourth-order valence-corrected chi connectivity index (χ4v) is 3.00. The van der Waals surface area contributed by atoms with Crippen LogP contribution in [0.4, 0.5) is 5.69 Å². The first-order valence-corrected chi connectivity index (χ1v) is 6.10. The standard InChI is InChI=1S/C14H22N/c1-12(2)15(10-6-7-11-15)14-9-5-4-8-13(14)3/h4-5,8-9,12H,6-7,10-11H2,1-3H3/q+1. The summed E-state index contributed by atoms with van der Waals surface area (Å²) in [5, 5.41) is 0. The summed E-state index contributed by atoms with van der Waals surface area (Å²) in [5.74, 6) is 0. The van der Waals surface area contributed by atoms with Crippen molar-refractivity contribution in [2.45, 2.75) is 39.7 Å². The Morgan fingerprint density at radius 2 is 1.67 bits per heavy atom. The van der Waals surface area contributed by atoms with Gasteiger partial charge in [0.25, 0.3) is 0 Å². The van der Waals surface area contributed by atoms with Crippen LogP contribution in [0.3, 0.4) is 0 Å². The van der Waals surface area contributed by atoms with Crippen molar-refractivity contribution < 1.29 is 0 Å². The number of hydrogen-bond acceptors (Lipinski definition) is 0. The van der Waals surface area contributed by atoms with Crippen molar-refractivity contribution in [1.29, 1.82) is 0 Å². The van der Waals surface area contributed by atoms with Gasteiger partial charge in [0.15, 0.2) is 0 Å². The zero-order valence-corrected chi connectivity index (χ0v) is 10.2. The number of para-hydroxylation sites is 1. The van der Waals surface area contributed by atoms with Crippen molar-refractivity contribution in [2.24, 2.45) is 0 Å². The Hall–Kier alpha value is -0.820. The molecule has 0 unspecified atom stereocenters. The van der Waals surface area contributed by atoms with E-state index in [9.17, 15) is 0 Å². The Labute approximate surface area is 93.3 Å². The Balaban J connectivity index is 2.46. The predicted octanol–water partition coefficient (Wildman–Crippen LogP) is 3.50. The van der Waals surface area contributed by atoms with Crippen molar-refractivity contribution in [3.05, 3.63) is 29.8 Å². The molecule has 0 saturated carbocycles. The van der Waals surface area contributed by atoms with Crippen molar-refractivity contribution in [3.8, 4) is 0 Å². The summed E-state index contributed by atoms with van der Waals surface area (Å²) < 4.78 is 1.20. The number of quaternary nitrogens is 1. The van der Waals surface area contributed by atoms with Gasteiger partial charge in [-0.1, -0.05) is 18.2 Å². The maximum atomic E-state index is 2.36.